The van der Waals surface area contributed by atoms with E-state index in [-0.39, 0.29) is 35.0 Å². The molecule has 1 aliphatic carbocycles. The van der Waals surface area contributed by atoms with Crippen LogP contribution < -0.4 is 16.2 Å². The lowest BCUT2D eigenvalue weighted by Gasteiger charge is -2.50. The Morgan fingerprint density at radius 2 is 2.00 bits per heavy atom. The Labute approximate surface area is 201 Å². The van der Waals surface area contributed by atoms with Gasteiger partial charge in [0.25, 0.3) is 5.56 Å². The Morgan fingerprint density at radius 1 is 1.30 bits per heavy atom. The lowest BCUT2D eigenvalue weighted by molar-refractivity contribution is -0.122. The van der Waals surface area contributed by atoms with Crippen LogP contribution in [0.2, 0.25) is 5.02 Å². The molecular formula is C25H36ClN5O2. The molecule has 1 aliphatic rings. The fraction of sp³-hybridized carbons (Fsp3) is 0.600. The quantitative estimate of drug-likeness (QED) is 0.640. The molecule has 8 heteroatoms. The van der Waals surface area contributed by atoms with Gasteiger partial charge in [-0.05, 0) is 60.6 Å². The lowest BCUT2D eigenvalue weighted by Crippen LogP contribution is -2.48. The molecule has 0 spiro atoms. The highest BCUT2D eigenvalue weighted by molar-refractivity contribution is 6.32. The molecule has 1 saturated carbocycles. The van der Waals surface area contributed by atoms with Crippen molar-refractivity contribution in [1.29, 1.82) is 0 Å². The predicted octanol–water partition coefficient (Wildman–Crippen LogP) is 4.60. The van der Waals surface area contributed by atoms with Crippen LogP contribution in [0.4, 0.5) is 5.69 Å². The van der Waals surface area contributed by atoms with E-state index in [9.17, 15) is 9.59 Å². The first-order chi connectivity index (χ1) is 15.4. The number of carbonyl (C=O) groups is 1. The SMILES string of the molecule is Cc1cnccc1C(C)NC(=O)Cn1ncc(N[C@@H]2C[C@H](C)C(C)(C)[C@H](C)[C@H]2C)c(Cl)c1=O. The molecule has 2 aromatic rings. The lowest BCUT2D eigenvalue weighted by atomic mass is 9.58. The molecule has 5 atom stereocenters. The molecule has 0 bridgehead atoms. The second-order valence-corrected chi connectivity index (χ2v) is 10.6. The van der Waals surface area contributed by atoms with E-state index in [2.05, 4.69) is 55.3 Å². The minimum absolute atomic E-state index is 0.0631. The summed E-state index contributed by atoms with van der Waals surface area (Å²) in [5, 5.41) is 10.7. The van der Waals surface area contributed by atoms with Gasteiger partial charge in [0.15, 0.2) is 0 Å². The van der Waals surface area contributed by atoms with Crippen molar-refractivity contribution in [3.63, 3.8) is 0 Å². The zero-order chi connectivity index (χ0) is 24.5. The zero-order valence-electron chi connectivity index (χ0n) is 20.6. The van der Waals surface area contributed by atoms with Crippen LogP contribution in [0.1, 0.15) is 65.1 Å². The van der Waals surface area contributed by atoms with Crippen LogP contribution in [0.3, 0.4) is 0 Å². The number of anilines is 1. The van der Waals surface area contributed by atoms with Crippen molar-refractivity contribution < 1.29 is 4.79 Å². The van der Waals surface area contributed by atoms with Gasteiger partial charge in [-0.3, -0.25) is 14.6 Å². The van der Waals surface area contributed by atoms with Crippen molar-refractivity contribution in [2.24, 2.45) is 23.2 Å². The zero-order valence-corrected chi connectivity index (χ0v) is 21.4. The molecule has 0 saturated heterocycles. The van der Waals surface area contributed by atoms with E-state index in [0.717, 1.165) is 22.2 Å². The average molecular weight is 474 g/mol. The number of hydrogen-bond acceptors (Lipinski definition) is 5. The van der Waals surface area contributed by atoms with E-state index in [1.165, 1.54) is 0 Å². The van der Waals surface area contributed by atoms with Gasteiger partial charge in [0.1, 0.15) is 11.6 Å². The number of nitrogens with one attached hydrogen (secondary N) is 2. The molecule has 0 radical (unpaired) electrons. The van der Waals surface area contributed by atoms with Gasteiger partial charge in [-0.25, -0.2) is 4.68 Å². The largest absolute Gasteiger partial charge is 0.379 e. The molecule has 2 heterocycles. The van der Waals surface area contributed by atoms with Crippen LogP contribution in [0, 0.1) is 30.1 Å². The second-order valence-electron chi connectivity index (χ2n) is 10.2. The van der Waals surface area contributed by atoms with Gasteiger partial charge in [-0.2, -0.15) is 5.10 Å². The summed E-state index contributed by atoms with van der Waals surface area (Å²) in [6.45, 7) is 15.1. The number of aryl methyl sites for hydroxylation is 1. The fourth-order valence-corrected chi connectivity index (χ4v) is 5.11. The van der Waals surface area contributed by atoms with Gasteiger partial charge in [-0.1, -0.05) is 46.2 Å². The Hall–Kier alpha value is -2.41. The van der Waals surface area contributed by atoms with E-state index in [1.54, 1.807) is 18.6 Å². The molecule has 0 aliphatic heterocycles. The monoisotopic (exact) mass is 473 g/mol. The van der Waals surface area contributed by atoms with Crippen molar-refractivity contribution >= 4 is 23.2 Å². The summed E-state index contributed by atoms with van der Waals surface area (Å²) >= 11 is 6.43. The summed E-state index contributed by atoms with van der Waals surface area (Å²) < 4.78 is 1.10. The molecule has 0 aromatic carbocycles. The van der Waals surface area contributed by atoms with Crippen molar-refractivity contribution in [2.45, 2.75) is 73.5 Å². The Kier molecular flexibility index (Phi) is 7.52. The second kappa shape index (κ2) is 9.84. The van der Waals surface area contributed by atoms with Gasteiger partial charge in [0, 0.05) is 18.4 Å². The topological polar surface area (TPSA) is 88.9 Å². The molecule has 1 fully saturated rings. The molecule has 33 heavy (non-hydrogen) atoms. The van der Waals surface area contributed by atoms with Gasteiger partial charge in [-0.15, -0.1) is 0 Å². The molecule has 3 rings (SSSR count). The molecule has 2 aromatic heterocycles. The normalized spacial score (nSPS) is 25.3. The summed E-state index contributed by atoms with van der Waals surface area (Å²) in [5.41, 5.74) is 2.26. The minimum Gasteiger partial charge on any atom is -0.379 e. The number of carbonyl (C=O) groups excluding carboxylic acids is 1. The first kappa shape index (κ1) is 25.2. The van der Waals surface area contributed by atoms with E-state index in [1.807, 2.05) is 19.9 Å². The summed E-state index contributed by atoms with van der Waals surface area (Å²) in [7, 11) is 0. The number of hydrogen-bond donors (Lipinski definition) is 2. The number of amides is 1. The first-order valence-corrected chi connectivity index (χ1v) is 12.0. The van der Waals surface area contributed by atoms with Crippen molar-refractivity contribution in [2.75, 3.05) is 5.32 Å². The number of nitrogens with zero attached hydrogens (tertiary/aromatic N) is 3. The van der Waals surface area contributed by atoms with Crippen LogP contribution in [-0.4, -0.2) is 26.7 Å². The maximum Gasteiger partial charge on any atom is 0.288 e. The number of halogens is 1. The first-order valence-electron chi connectivity index (χ1n) is 11.7. The highest BCUT2D eigenvalue weighted by atomic mass is 35.5. The summed E-state index contributed by atoms with van der Waals surface area (Å²) in [5.74, 6) is 1.15. The summed E-state index contributed by atoms with van der Waals surface area (Å²) in [4.78, 5) is 29.5. The summed E-state index contributed by atoms with van der Waals surface area (Å²) in [6.07, 6.45) is 5.99. The minimum atomic E-state index is -0.477. The van der Waals surface area contributed by atoms with Crippen LogP contribution in [0.15, 0.2) is 29.5 Å². The van der Waals surface area contributed by atoms with Crippen LogP contribution in [0.5, 0.6) is 0 Å². The fourth-order valence-electron chi connectivity index (χ4n) is 4.91. The van der Waals surface area contributed by atoms with Crippen molar-refractivity contribution in [3.8, 4) is 0 Å². The van der Waals surface area contributed by atoms with Crippen LogP contribution >= 0.6 is 11.6 Å². The van der Waals surface area contributed by atoms with Gasteiger partial charge < -0.3 is 10.6 Å². The third-order valence-electron chi connectivity index (χ3n) is 8.00. The van der Waals surface area contributed by atoms with E-state index >= 15 is 0 Å². The molecule has 7 nitrogen and oxygen atoms in total. The highest BCUT2D eigenvalue weighted by Gasteiger charge is 2.43. The van der Waals surface area contributed by atoms with Crippen LogP contribution in [-0.2, 0) is 11.3 Å². The van der Waals surface area contributed by atoms with E-state index in [4.69, 9.17) is 11.6 Å². The molecule has 1 unspecified atom stereocenters. The van der Waals surface area contributed by atoms with E-state index < -0.39 is 5.56 Å². The Balaban J connectivity index is 1.70. The van der Waals surface area contributed by atoms with Gasteiger partial charge in [0.2, 0.25) is 5.91 Å². The van der Waals surface area contributed by atoms with E-state index in [0.29, 0.717) is 23.4 Å². The smallest absolute Gasteiger partial charge is 0.288 e. The molecule has 180 valence electrons. The third kappa shape index (κ3) is 5.24. The third-order valence-corrected chi connectivity index (χ3v) is 8.37. The maximum absolute atomic E-state index is 12.8. The number of pyridine rings is 1. The van der Waals surface area contributed by atoms with Crippen molar-refractivity contribution in [3.05, 3.63) is 51.2 Å². The molecule has 2 N–H and O–H groups in total. The Bertz CT molecular complexity index is 1070. The van der Waals surface area contributed by atoms with Crippen LogP contribution in [0.25, 0.3) is 0 Å². The predicted molar refractivity (Wildman–Crippen MR) is 132 cm³/mol. The number of aromatic nitrogens is 3. The molecule has 1 amide bonds. The van der Waals surface area contributed by atoms with Gasteiger partial charge >= 0.3 is 0 Å². The van der Waals surface area contributed by atoms with Crippen molar-refractivity contribution in [1.82, 2.24) is 20.1 Å². The highest BCUT2D eigenvalue weighted by Crippen LogP contribution is 2.48. The number of rotatable bonds is 6. The standard InChI is InChI=1S/C25H36ClN5O2/c1-14-11-27-9-8-19(14)18(5)29-22(32)13-31-24(33)23(26)21(12-28-31)30-20-10-15(2)25(6,7)17(4)16(20)3/h8-9,11-12,15-18,20,30H,10,13H2,1-7H3,(H,29,32)/t15-,16+,17+,18?,20+/m0/s1. The molecular weight excluding hydrogens is 438 g/mol. The Morgan fingerprint density at radius 3 is 2.67 bits per heavy atom. The average Bonchev–Trinajstić information content (AvgIpc) is 2.76. The maximum atomic E-state index is 12.8. The van der Waals surface area contributed by atoms with Gasteiger partial charge in [0.05, 0.1) is 17.9 Å². The summed E-state index contributed by atoms with van der Waals surface area (Å²) in [6, 6.07) is 1.86.